The molecule has 112 valence electrons. The van der Waals surface area contributed by atoms with Crippen molar-refractivity contribution in [2.75, 3.05) is 13.1 Å². The van der Waals surface area contributed by atoms with Crippen LogP contribution in [0.15, 0.2) is 12.3 Å². The first-order valence-corrected chi connectivity index (χ1v) is 7.24. The monoisotopic (exact) mass is 289 g/mol. The number of tetrazole rings is 1. The Labute approximate surface area is 122 Å². The van der Waals surface area contributed by atoms with E-state index in [1.807, 2.05) is 25.1 Å². The van der Waals surface area contributed by atoms with Crippen LogP contribution in [0.25, 0.3) is 0 Å². The maximum absolute atomic E-state index is 12.5. The highest BCUT2D eigenvalue weighted by molar-refractivity contribution is 5.92. The fourth-order valence-corrected chi connectivity index (χ4v) is 2.77. The molecule has 0 spiro atoms. The zero-order valence-electron chi connectivity index (χ0n) is 12.3. The number of aromatic nitrogens is 6. The zero-order valence-corrected chi connectivity index (χ0v) is 12.3. The molecule has 0 saturated carbocycles. The van der Waals surface area contributed by atoms with Gasteiger partial charge in [-0.25, -0.2) is 4.68 Å². The van der Waals surface area contributed by atoms with Gasteiger partial charge in [0.2, 0.25) is 0 Å². The first-order chi connectivity index (χ1) is 10.2. The first kappa shape index (κ1) is 13.7. The van der Waals surface area contributed by atoms with Gasteiger partial charge in [-0.1, -0.05) is 0 Å². The summed E-state index contributed by atoms with van der Waals surface area (Å²) in [5, 5.41) is 15.9. The second-order valence-corrected chi connectivity index (χ2v) is 5.31. The Morgan fingerprint density at radius 2 is 2.33 bits per heavy atom. The Hall–Kier alpha value is -2.25. The van der Waals surface area contributed by atoms with E-state index < -0.39 is 0 Å². The highest BCUT2D eigenvalue weighted by Gasteiger charge is 2.29. The van der Waals surface area contributed by atoms with Gasteiger partial charge in [0.05, 0.1) is 0 Å². The Morgan fingerprint density at radius 3 is 3.00 bits per heavy atom. The molecule has 1 amide bonds. The van der Waals surface area contributed by atoms with Crippen molar-refractivity contribution in [1.82, 2.24) is 34.9 Å². The third-order valence-corrected chi connectivity index (χ3v) is 3.91. The van der Waals surface area contributed by atoms with Gasteiger partial charge in [0.25, 0.3) is 5.91 Å². The third kappa shape index (κ3) is 2.65. The topological polar surface area (TPSA) is 81.7 Å². The van der Waals surface area contributed by atoms with Crippen molar-refractivity contribution < 1.29 is 4.79 Å². The molecule has 2 aromatic rings. The molecule has 8 nitrogen and oxygen atoms in total. The molecule has 0 aliphatic carbocycles. The van der Waals surface area contributed by atoms with E-state index in [4.69, 9.17) is 0 Å². The highest BCUT2D eigenvalue weighted by atomic mass is 16.2. The molecule has 1 fully saturated rings. The minimum atomic E-state index is -0.0120. The summed E-state index contributed by atoms with van der Waals surface area (Å²) in [6.07, 6.45) is 3.79. The highest BCUT2D eigenvalue weighted by Crippen LogP contribution is 2.25. The molecule has 0 N–H and O–H groups in total. The first-order valence-electron chi connectivity index (χ1n) is 7.24. The quantitative estimate of drug-likeness (QED) is 0.819. The van der Waals surface area contributed by atoms with Crippen LogP contribution in [-0.2, 0) is 13.6 Å². The molecule has 0 radical (unpaired) electrons. The lowest BCUT2D eigenvalue weighted by Crippen LogP contribution is -2.40. The number of hydrogen-bond acceptors (Lipinski definition) is 5. The second-order valence-electron chi connectivity index (χ2n) is 5.31. The van der Waals surface area contributed by atoms with Crippen molar-refractivity contribution in [1.29, 1.82) is 0 Å². The predicted molar refractivity (Wildman–Crippen MR) is 74.6 cm³/mol. The van der Waals surface area contributed by atoms with Gasteiger partial charge in [0.15, 0.2) is 5.82 Å². The number of aryl methyl sites for hydroxylation is 2. The molecule has 2 aromatic heterocycles. The predicted octanol–water partition coefficient (Wildman–Crippen LogP) is 0.446. The molecule has 3 heterocycles. The molecule has 3 rings (SSSR count). The Morgan fingerprint density at radius 1 is 1.48 bits per heavy atom. The normalized spacial score (nSPS) is 19.0. The van der Waals surface area contributed by atoms with Crippen molar-refractivity contribution in [3.8, 4) is 0 Å². The molecule has 8 heteroatoms. The van der Waals surface area contributed by atoms with Crippen LogP contribution in [0.2, 0.25) is 0 Å². The maximum atomic E-state index is 12.5. The Bertz CT molecular complexity index is 632. The van der Waals surface area contributed by atoms with E-state index in [2.05, 4.69) is 20.6 Å². The van der Waals surface area contributed by atoms with E-state index in [0.717, 1.165) is 31.8 Å². The molecule has 1 saturated heterocycles. The lowest BCUT2D eigenvalue weighted by molar-refractivity contribution is 0.0696. The average molecular weight is 289 g/mol. The average Bonchev–Trinajstić information content (AvgIpc) is 3.15. The molecule has 1 aliphatic rings. The van der Waals surface area contributed by atoms with Crippen LogP contribution in [0.4, 0.5) is 0 Å². The van der Waals surface area contributed by atoms with Gasteiger partial charge >= 0.3 is 0 Å². The standard InChI is InChI=1S/C13H19N7O/c1-3-20-8-6-11(15-20)13(21)19-7-4-5-10(9-19)12-14-16-17-18(12)2/h6,8,10H,3-5,7,9H2,1-2H3. The summed E-state index contributed by atoms with van der Waals surface area (Å²) >= 11 is 0. The van der Waals surface area contributed by atoms with Crippen molar-refractivity contribution in [3.05, 3.63) is 23.8 Å². The number of piperidine rings is 1. The number of hydrogen-bond donors (Lipinski definition) is 0. The fourth-order valence-electron chi connectivity index (χ4n) is 2.77. The lowest BCUT2D eigenvalue weighted by Gasteiger charge is -2.31. The van der Waals surface area contributed by atoms with E-state index in [1.54, 1.807) is 15.4 Å². The van der Waals surface area contributed by atoms with Crippen LogP contribution in [0.3, 0.4) is 0 Å². The van der Waals surface area contributed by atoms with Gasteiger partial charge in [-0.2, -0.15) is 5.10 Å². The van der Waals surface area contributed by atoms with Crippen LogP contribution in [-0.4, -0.2) is 53.9 Å². The van der Waals surface area contributed by atoms with Crippen LogP contribution in [0, 0.1) is 0 Å². The minimum absolute atomic E-state index is 0.0120. The van der Waals surface area contributed by atoms with E-state index in [-0.39, 0.29) is 11.8 Å². The van der Waals surface area contributed by atoms with Crippen molar-refractivity contribution in [2.24, 2.45) is 7.05 Å². The number of likely N-dealkylation sites (tertiary alicyclic amines) is 1. The summed E-state index contributed by atoms with van der Waals surface area (Å²) in [5.74, 6) is 1.02. The van der Waals surface area contributed by atoms with Gasteiger partial charge in [0.1, 0.15) is 5.69 Å². The summed E-state index contributed by atoms with van der Waals surface area (Å²) in [4.78, 5) is 14.4. The molecule has 1 aliphatic heterocycles. The fraction of sp³-hybridized carbons (Fsp3) is 0.615. The van der Waals surface area contributed by atoms with Crippen molar-refractivity contribution >= 4 is 5.91 Å². The second kappa shape index (κ2) is 5.63. The van der Waals surface area contributed by atoms with Gasteiger partial charge in [0, 0.05) is 38.8 Å². The number of amides is 1. The molecule has 0 aromatic carbocycles. The summed E-state index contributed by atoms with van der Waals surface area (Å²) in [6, 6.07) is 1.78. The molecular formula is C13H19N7O. The number of rotatable bonds is 3. The minimum Gasteiger partial charge on any atom is -0.337 e. The van der Waals surface area contributed by atoms with Crippen LogP contribution in [0.5, 0.6) is 0 Å². The lowest BCUT2D eigenvalue weighted by atomic mass is 9.97. The van der Waals surface area contributed by atoms with E-state index in [1.165, 1.54) is 0 Å². The van der Waals surface area contributed by atoms with E-state index in [0.29, 0.717) is 12.2 Å². The number of carbonyl (C=O) groups is 1. The molecule has 21 heavy (non-hydrogen) atoms. The largest absolute Gasteiger partial charge is 0.337 e. The molecular weight excluding hydrogens is 270 g/mol. The zero-order chi connectivity index (χ0) is 14.8. The Kier molecular flexibility index (Phi) is 3.68. The van der Waals surface area contributed by atoms with Gasteiger partial charge < -0.3 is 4.90 Å². The Balaban J connectivity index is 1.73. The molecule has 0 bridgehead atoms. The van der Waals surface area contributed by atoms with Crippen LogP contribution in [0.1, 0.15) is 42.0 Å². The SMILES string of the molecule is CCn1ccc(C(=O)N2CCCC(c3nnnn3C)C2)n1. The summed E-state index contributed by atoms with van der Waals surface area (Å²) in [7, 11) is 1.83. The van der Waals surface area contributed by atoms with Crippen molar-refractivity contribution in [2.45, 2.75) is 32.2 Å². The smallest absolute Gasteiger partial charge is 0.274 e. The van der Waals surface area contributed by atoms with Crippen LogP contribution < -0.4 is 0 Å². The van der Waals surface area contributed by atoms with Crippen molar-refractivity contribution in [3.63, 3.8) is 0 Å². The van der Waals surface area contributed by atoms with Gasteiger partial charge in [-0.15, -0.1) is 5.10 Å². The summed E-state index contributed by atoms with van der Waals surface area (Å²) in [6.45, 7) is 4.17. The third-order valence-electron chi connectivity index (χ3n) is 3.91. The van der Waals surface area contributed by atoms with E-state index >= 15 is 0 Å². The molecule has 1 atom stereocenters. The summed E-state index contributed by atoms with van der Waals surface area (Å²) in [5.41, 5.74) is 0.508. The number of carbonyl (C=O) groups excluding carboxylic acids is 1. The summed E-state index contributed by atoms with van der Waals surface area (Å²) < 4.78 is 3.45. The molecule has 1 unspecified atom stereocenters. The van der Waals surface area contributed by atoms with Gasteiger partial charge in [-0.05, 0) is 36.3 Å². The number of nitrogens with zero attached hydrogens (tertiary/aromatic N) is 7. The van der Waals surface area contributed by atoms with Crippen LogP contribution >= 0.6 is 0 Å². The van der Waals surface area contributed by atoms with Gasteiger partial charge in [-0.3, -0.25) is 9.48 Å². The maximum Gasteiger partial charge on any atom is 0.274 e. The van der Waals surface area contributed by atoms with E-state index in [9.17, 15) is 4.79 Å².